The summed E-state index contributed by atoms with van der Waals surface area (Å²) in [6.45, 7) is 2.35. The van der Waals surface area contributed by atoms with Crippen LogP contribution in [0.2, 0.25) is 0 Å². The molecule has 23 heavy (non-hydrogen) atoms. The molecule has 2 aromatic carbocycles. The van der Waals surface area contributed by atoms with Gasteiger partial charge in [-0.3, -0.25) is 9.69 Å². The zero-order valence-electron chi connectivity index (χ0n) is 13.6. The van der Waals surface area contributed by atoms with Crippen LogP contribution in [0.1, 0.15) is 24.1 Å². The second-order valence-corrected chi connectivity index (χ2v) is 5.64. The molecule has 4 heteroatoms. The Labute approximate surface area is 137 Å². The number of amides is 1. The van der Waals surface area contributed by atoms with Crippen molar-refractivity contribution in [1.29, 1.82) is 0 Å². The summed E-state index contributed by atoms with van der Waals surface area (Å²) in [6, 6.07) is 19.4. The second-order valence-electron chi connectivity index (χ2n) is 5.64. The molecule has 0 saturated heterocycles. The van der Waals surface area contributed by atoms with Crippen LogP contribution in [0, 0.1) is 0 Å². The number of aliphatic hydroxyl groups is 1. The number of likely N-dealkylation sites (N-methyl/N-ethyl adjacent to an activating group) is 1. The predicted molar refractivity (Wildman–Crippen MR) is 92.0 cm³/mol. The summed E-state index contributed by atoms with van der Waals surface area (Å²) in [5.41, 5.74) is 2.09. The quantitative estimate of drug-likeness (QED) is 0.824. The van der Waals surface area contributed by atoms with Gasteiger partial charge in [-0.05, 0) is 25.1 Å². The van der Waals surface area contributed by atoms with E-state index in [1.807, 2.05) is 79.5 Å². The Hall–Kier alpha value is -2.17. The number of carbonyl (C=O) groups is 1. The zero-order chi connectivity index (χ0) is 16.7. The number of rotatable bonds is 7. The molecular formula is C19H24N2O2. The molecular weight excluding hydrogens is 288 g/mol. The van der Waals surface area contributed by atoms with E-state index in [0.29, 0.717) is 6.54 Å². The van der Waals surface area contributed by atoms with Crippen molar-refractivity contribution in [3.63, 3.8) is 0 Å². The highest BCUT2D eigenvalue weighted by atomic mass is 16.3. The summed E-state index contributed by atoms with van der Waals surface area (Å²) in [6.07, 6.45) is 0. The van der Waals surface area contributed by atoms with Crippen molar-refractivity contribution in [3.8, 4) is 0 Å². The van der Waals surface area contributed by atoms with Gasteiger partial charge in [0.15, 0.2) is 0 Å². The van der Waals surface area contributed by atoms with Crippen molar-refractivity contribution in [2.75, 3.05) is 20.2 Å². The summed E-state index contributed by atoms with van der Waals surface area (Å²) in [4.78, 5) is 14.4. The van der Waals surface area contributed by atoms with Gasteiger partial charge in [0, 0.05) is 6.54 Å². The van der Waals surface area contributed by atoms with Gasteiger partial charge in [0.25, 0.3) is 0 Å². The minimum atomic E-state index is -0.308. The third-order valence-corrected chi connectivity index (χ3v) is 4.05. The average molecular weight is 312 g/mol. The fourth-order valence-corrected chi connectivity index (χ4v) is 2.46. The van der Waals surface area contributed by atoms with E-state index >= 15 is 0 Å². The Kier molecular flexibility index (Phi) is 6.32. The van der Waals surface area contributed by atoms with Crippen molar-refractivity contribution in [2.24, 2.45) is 0 Å². The maximum Gasteiger partial charge on any atom is 0.237 e. The minimum Gasteiger partial charge on any atom is -0.395 e. The lowest BCUT2D eigenvalue weighted by Crippen LogP contribution is -2.45. The van der Waals surface area contributed by atoms with E-state index in [2.05, 4.69) is 5.32 Å². The van der Waals surface area contributed by atoms with Crippen LogP contribution >= 0.6 is 0 Å². The normalized spacial score (nSPS) is 12.4. The van der Waals surface area contributed by atoms with Crippen molar-refractivity contribution in [3.05, 3.63) is 71.8 Å². The molecule has 1 atom stereocenters. The van der Waals surface area contributed by atoms with Gasteiger partial charge in [-0.15, -0.1) is 0 Å². The molecule has 122 valence electrons. The Morgan fingerprint density at radius 2 is 1.52 bits per heavy atom. The number of carbonyl (C=O) groups excluding carboxylic acids is 1. The van der Waals surface area contributed by atoms with Gasteiger partial charge in [-0.2, -0.15) is 0 Å². The monoisotopic (exact) mass is 312 g/mol. The van der Waals surface area contributed by atoms with Crippen molar-refractivity contribution < 1.29 is 9.90 Å². The minimum absolute atomic E-state index is 0.0366. The van der Waals surface area contributed by atoms with Crippen molar-refractivity contribution in [2.45, 2.75) is 19.0 Å². The first kappa shape index (κ1) is 17.2. The fraction of sp³-hybridized carbons (Fsp3) is 0.316. The highest BCUT2D eigenvalue weighted by Gasteiger charge is 2.22. The molecule has 4 nitrogen and oxygen atoms in total. The molecule has 0 spiro atoms. The van der Waals surface area contributed by atoms with Gasteiger partial charge in [0.2, 0.25) is 5.91 Å². The first-order valence-electron chi connectivity index (χ1n) is 7.85. The molecule has 0 aliphatic rings. The van der Waals surface area contributed by atoms with Crippen LogP contribution in [-0.4, -0.2) is 42.2 Å². The largest absolute Gasteiger partial charge is 0.395 e. The van der Waals surface area contributed by atoms with Crippen LogP contribution in [0.3, 0.4) is 0 Å². The van der Waals surface area contributed by atoms with Crippen LogP contribution in [-0.2, 0) is 4.79 Å². The molecule has 0 bridgehead atoms. The molecule has 0 radical (unpaired) electrons. The fourth-order valence-electron chi connectivity index (χ4n) is 2.46. The van der Waals surface area contributed by atoms with Crippen molar-refractivity contribution in [1.82, 2.24) is 10.2 Å². The van der Waals surface area contributed by atoms with E-state index < -0.39 is 0 Å². The Balaban J connectivity index is 2.20. The van der Waals surface area contributed by atoms with E-state index in [1.54, 1.807) is 0 Å². The molecule has 0 saturated carbocycles. The van der Waals surface area contributed by atoms with Crippen LogP contribution in [0.5, 0.6) is 0 Å². The summed E-state index contributed by atoms with van der Waals surface area (Å²) in [5.74, 6) is -0.0568. The number of hydrogen-bond donors (Lipinski definition) is 2. The van der Waals surface area contributed by atoms with E-state index in [-0.39, 0.29) is 24.6 Å². The summed E-state index contributed by atoms with van der Waals surface area (Å²) < 4.78 is 0. The molecule has 2 aromatic rings. The Morgan fingerprint density at radius 3 is 1.96 bits per heavy atom. The lowest BCUT2D eigenvalue weighted by Gasteiger charge is -2.26. The summed E-state index contributed by atoms with van der Waals surface area (Å²) in [7, 11) is 1.83. The van der Waals surface area contributed by atoms with E-state index in [9.17, 15) is 4.79 Å². The van der Waals surface area contributed by atoms with Gasteiger partial charge >= 0.3 is 0 Å². The van der Waals surface area contributed by atoms with Crippen LogP contribution < -0.4 is 5.32 Å². The highest BCUT2D eigenvalue weighted by molar-refractivity contribution is 5.82. The average Bonchev–Trinajstić information content (AvgIpc) is 2.60. The Bertz CT molecular complexity index is 562. The first-order chi connectivity index (χ1) is 11.1. The van der Waals surface area contributed by atoms with Crippen molar-refractivity contribution >= 4 is 5.91 Å². The smallest absolute Gasteiger partial charge is 0.237 e. The molecule has 0 heterocycles. The number of benzene rings is 2. The molecule has 0 aliphatic carbocycles. The first-order valence-corrected chi connectivity index (χ1v) is 7.85. The van der Waals surface area contributed by atoms with Gasteiger partial charge in [0.1, 0.15) is 0 Å². The van der Waals surface area contributed by atoms with Gasteiger partial charge in [0.05, 0.1) is 18.7 Å². The molecule has 0 aliphatic heterocycles. The van der Waals surface area contributed by atoms with Crippen LogP contribution in [0.15, 0.2) is 60.7 Å². The van der Waals surface area contributed by atoms with E-state index in [0.717, 1.165) is 11.1 Å². The van der Waals surface area contributed by atoms with Crippen LogP contribution in [0.4, 0.5) is 0 Å². The molecule has 1 unspecified atom stereocenters. The third kappa shape index (κ3) is 4.65. The van der Waals surface area contributed by atoms with Gasteiger partial charge < -0.3 is 10.4 Å². The highest BCUT2D eigenvalue weighted by Crippen LogP contribution is 2.22. The predicted octanol–water partition coefficient (Wildman–Crippen LogP) is 2.20. The molecule has 1 amide bonds. The number of nitrogens with one attached hydrogen (secondary N) is 1. The lowest BCUT2D eigenvalue weighted by molar-refractivity contribution is -0.126. The maximum atomic E-state index is 12.6. The maximum absolute atomic E-state index is 12.6. The van der Waals surface area contributed by atoms with Gasteiger partial charge in [-0.1, -0.05) is 60.7 Å². The molecule has 2 rings (SSSR count). The van der Waals surface area contributed by atoms with Crippen LogP contribution in [0.25, 0.3) is 0 Å². The molecule has 0 fully saturated rings. The summed E-state index contributed by atoms with van der Waals surface area (Å²) in [5, 5.41) is 12.2. The zero-order valence-corrected chi connectivity index (χ0v) is 13.6. The molecule has 0 aromatic heterocycles. The number of hydrogen-bond acceptors (Lipinski definition) is 3. The van der Waals surface area contributed by atoms with Gasteiger partial charge in [-0.25, -0.2) is 0 Å². The summed E-state index contributed by atoms with van der Waals surface area (Å²) >= 11 is 0. The number of aliphatic hydroxyl groups excluding tert-OH is 1. The standard InChI is InChI=1S/C19H24N2O2/c1-15(21(2)13-14-22)19(23)20-18(16-9-5-3-6-10-16)17-11-7-4-8-12-17/h3-12,15,18,22H,13-14H2,1-2H3,(H,20,23). The SMILES string of the molecule is CC(C(=O)NC(c1ccccc1)c1ccccc1)N(C)CCO. The number of nitrogens with zero attached hydrogens (tertiary/aromatic N) is 1. The topological polar surface area (TPSA) is 52.6 Å². The van der Waals surface area contributed by atoms with E-state index in [1.165, 1.54) is 0 Å². The Morgan fingerprint density at radius 1 is 1.04 bits per heavy atom. The lowest BCUT2D eigenvalue weighted by atomic mass is 9.98. The van der Waals surface area contributed by atoms with E-state index in [4.69, 9.17) is 5.11 Å². The third-order valence-electron chi connectivity index (χ3n) is 4.05. The molecule has 2 N–H and O–H groups in total. The second kappa shape index (κ2) is 8.46.